The van der Waals surface area contributed by atoms with E-state index in [1.54, 1.807) is 6.20 Å². The number of hydrogen-bond donors (Lipinski definition) is 1. The summed E-state index contributed by atoms with van der Waals surface area (Å²) in [5.74, 6) is 1.68. The van der Waals surface area contributed by atoms with Gasteiger partial charge in [0.05, 0.1) is 17.1 Å². The van der Waals surface area contributed by atoms with Crippen molar-refractivity contribution in [2.24, 2.45) is 0 Å². The second kappa shape index (κ2) is 7.72. The molecule has 1 fully saturated rings. The molecule has 2 aromatic rings. The summed E-state index contributed by atoms with van der Waals surface area (Å²) >= 11 is 0. The lowest BCUT2D eigenvalue weighted by Crippen LogP contribution is -2.50. The van der Waals surface area contributed by atoms with Crippen LogP contribution in [-0.4, -0.2) is 56.9 Å². The summed E-state index contributed by atoms with van der Waals surface area (Å²) in [5, 5.41) is 7.43. The number of nitrogens with one attached hydrogen (secondary N) is 1. The first-order chi connectivity index (χ1) is 12.5. The average Bonchev–Trinajstić information content (AvgIpc) is 2.96. The molecule has 0 atom stereocenters. The second-order valence-electron chi connectivity index (χ2n) is 6.72. The molecule has 1 aliphatic heterocycles. The van der Waals surface area contributed by atoms with E-state index in [2.05, 4.69) is 32.2 Å². The van der Waals surface area contributed by atoms with E-state index in [1.165, 1.54) is 0 Å². The molecule has 0 radical (unpaired) electrons. The minimum Gasteiger partial charge on any atom is -0.352 e. The third kappa shape index (κ3) is 3.95. The van der Waals surface area contributed by atoms with Crippen molar-refractivity contribution >= 4 is 17.7 Å². The minimum atomic E-state index is -0.0750. The van der Waals surface area contributed by atoms with Crippen LogP contribution < -0.4 is 10.2 Å². The van der Waals surface area contributed by atoms with Crippen molar-refractivity contribution in [3.63, 3.8) is 0 Å². The molecule has 3 heterocycles. The van der Waals surface area contributed by atoms with Gasteiger partial charge in [-0.3, -0.25) is 10.3 Å². The molecular formula is C18H27N7O. The summed E-state index contributed by atoms with van der Waals surface area (Å²) in [5.41, 5.74) is 2.74. The van der Waals surface area contributed by atoms with Crippen LogP contribution >= 0.6 is 0 Å². The number of nitrogens with zero attached hydrogens (tertiary/aromatic N) is 6. The topological polar surface area (TPSA) is 79.2 Å². The number of hydrogen-bond acceptors (Lipinski definition) is 5. The lowest BCUT2D eigenvalue weighted by atomic mass is 10.3. The monoisotopic (exact) mass is 357 g/mol. The molecular weight excluding hydrogens is 330 g/mol. The predicted molar refractivity (Wildman–Crippen MR) is 102 cm³/mol. The number of carbonyl (C=O) groups is 1. The van der Waals surface area contributed by atoms with Crippen LogP contribution in [0.4, 0.5) is 16.4 Å². The van der Waals surface area contributed by atoms with Gasteiger partial charge in [0.15, 0.2) is 0 Å². The molecule has 0 aromatic carbocycles. The number of anilines is 2. The van der Waals surface area contributed by atoms with Gasteiger partial charge in [0.2, 0.25) is 0 Å². The van der Waals surface area contributed by atoms with Gasteiger partial charge in [-0.25, -0.2) is 14.5 Å². The second-order valence-corrected chi connectivity index (χ2v) is 6.72. The molecule has 1 saturated heterocycles. The van der Waals surface area contributed by atoms with E-state index in [1.807, 2.05) is 36.4 Å². The lowest BCUT2D eigenvalue weighted by molar-refractivity contribution is 0.207. The van der Waals surface area contributed by atoms with Gasteiger partial charge in [0.1, 0.15) is 11.6 Å². The van der Waals surface area contributed by atoms with Crippen molar-refractivity contribution in [2.45, 2.75) is 40.7 Å². The number of amides is 2. The van der Waals surface area contributed by atoms with Gasteiger partial charge < -0.3 is 9.80 Å². The highest BCUT2D eigenvalue weighted by molar-refractivity contribution is 5.88. The number of piperazine rings is 1. The molecule has 3 rings (SSSR count). The van der Waals surface area contributed by atoms with Crippen LogP contribution in [0.2, 0.25) is 0 Å². The number of urea groups is 1. The summed E-state index contributed by atoms with van der Waals surface area (Å²) in [6.45, 7) is 11.5. The molecule has 2 amide bonds. The zero-order chi connectivity index (χ0) is 18.7. The maximum atomic E-state index is 12.6. The minimum absolute atomic E-state index is 0.0750. The standard InChI is InChI=1S/C18H27N7O/c1-5-6-25-16(11-13(2)22-25)21-18(26)24-9-7-23(8-10-24)17-15(4)19-12-14(3)20-17/h11-12H,5-10H2,1-4H3,(H,21,26). The van der Waals surface area contributed by atoms with Crippen molar-refractivity contribution in [3.05, 3.63) is 29.3 Å². The normalized spacial score (nSPS) is 14.6. The van der Waals surface area contributed by atoms with Crippen molar-refractivity contribution in [3.8, 4) is 0 Å². The summed E-state index contributed by atoms with van der Waals surface area (Å²) in [4.78, 5) is 25.7. The summed E-state index contributed by atoms with van der Waals surface area (Å²) in [6, 6.07) is 1.84. The Morgan fingerprint density at radius 1 is 1.15 bits per heavy atom. The molecule has 0 aliphatic carbocycles. The SMILES string of the molecule is CCCn1nc(C)cc1NC(=O)N1CCN(c2nc(C)cnc2C)CC1. The van der Waals surface area contributed by atoms with Crippen LogP contribution in [0.25, 0.3) is 0 Å². The Bertz CT molecular complexity index is 778. The van der Waals surface area contributed by atoms with Crippen molar-refractivity contribution in [1.82, 2.24) is 24.6 Å². The third-order valence-corrected chi connectivity index (χ3v) is 4.49. The fraction of sp³-hybridized carbons (Fsp3) is 0.556. The van der Waals surface area contributed by atoms with E-state index in [9.17, 15) is 4.79 Å². The summed E-state index contributed by atoms with van der Waals surface area (Å²) in [7, 11) is 0. The van der Waals surface area contributed by atoms with Crippen LogP contribution in [0.3, 0.4) is 0 Å². The molecule has 8 heteroatoms. The Balaban J connectivity index is 1.61. The van der Waals surface area contributed by atoms with Crippen LogP contribution in [0.5, 0.6) is 0 Å². The van der Waals surface area contributed by atoms with Gasteiger partial charge in [-0.1, -0.05) is 6.92 Å². The first kappa shape index (κ1) is 18.2. The smallest absolute Gasteiger partial charge is 0.323 e. The van der Waals surface area contributed by atoms with Crippen LogP contribution in [0.15, 0.2) is 12.3 Å². The Kier molecular flexibility index (Phi) is 5.39. The highest BCUT2D eigenvalue weighted by Crippen LogP contribution is 2.18. The van der Waals surface area contributed by atoms with E-state index in [0.717, 1.165) is 54.8 Å². The zero-order valence-electron chi connectivity index (χ0n) is 16.0. The number of aromatic nitrogens is 4. The van der Waals surface area contributed by atoms with Crippen molar-refractivity contribution in [2.75, 3.05) is 36.4 Å². The van der Waals surface area contributed by atoms with Crippen molar-refractivity contribution < 1.29 is 4.79 Å². The van der Waals surface area contributed by atoms with E-state index >= 15 is 0 Å². The maximum absolute atomic E-state index is 12.6. The summed E-state index contributed by atoms with van der Waals surface area (Å²) < 4.78 is 1.86. The predicted octanol–water partition coefficient (Wildman–Crippen LogP) is 2.36. The van der Waals surface area contributed by atoms with E-state index in [-0.39, 0.29) is 6.03 Å². The highest BCUT2D eigenvalue weighted by Gasteiger charge is 2.24. The highest BCUT2D eigenvalue weighted by atomic mass is 16.2. The Morgan fingerprint density at radius 3 is 2.58 bits per heavy atom. The molecule has 26 heavy (non-hydrogen) atoms. The molecule has 0 unspecified atom stereocenters. The van der Waals surface area contributed by atoms with Gasteiger partial charge in [-0.15, -0.1) is 0 Å². The summed E-state index contributed by atoms with van der Waals surface area (Å²) in [6.07, 6.45) is 2.75. The van der Waals surface area contributed by atoms with Gasteiger partial charge >= 0.3 is 6.03 Å². The van der Waals surface area contributed by atoms with E-state index < -0.39 is 0 Å². The van der Waals surface area contributed by atoms with E-state index in [0.29, 0.717) is 13.1 Å². The molecule has 1 N–H and O–H groups in total. The van der Waals surface area contributed by atoms with Crippen molar-refractivity contribution in [1.29, 1.82) is 0 Å². The fourth-order valence-electron chi connectivity index (χ4n) is 3.16. The largest absolute Gasteiger partial charge is 0.352 e. The van der Waals surface area contributed by atoms with Gasteiger partial charge in [-0.2, -0.15) is 5.10 Å². The molecule has 140 valence electrons. The van der Waals surface area contributed by atoms with Crippen LogP contribution in [0, 0.1) is 20.8 Å². The number of rotatable bonds is 4. The Labute approximate surface area is 154 Å². The zero-order valence-corrected chi connectivity index (χ0v) is 16.0. The molecule has 0 bridgehead atoms. The van der Waals surface area contributed by atoms with Crippen LogP contribution in [0.1, 0.15) is 30.4 Å². The molecule has 1 aliphatic rings. The van der Waals surface area contributed by atoms with Gasteiger partial charge in [0.25, 0.3) is 0 Å². The molecule has 8 nitrogen and oxygen atoms in total. The first-order valence-corrected chi connectivity index (χ1v) is 9.13. The quantitative estimate of drug-likeness (QED) is 0.909. The fourth-order valence-corrected chi connectivity index (χ4v) is 3.16. The number of aryl methyl sites for hydroxylation is 4. The molecule has 0 spiro atoms. The first-order valence-electron chi connectivity index (χ1n) is 9.13. The van der Waals surface area contributed by atoms with Gasteiger partial charge in [-0.05, 0) is 27.2 Å². The molecule has 2 aromatic heterocycles. The Morgan fingerprint density at radius 2 is 1.88 bits per heavy atom. The maximum Gasteiger partial charge on any atom is 0.323 e. The number of carbonyl (C=O) groups excluding carboxylic acids is 1. The van der Waals surface area contributed by atoms with Gasteiger partial charge in [0, 0.05) is 45.0 Å². The van der Waals surface area contributed by atoms with E-state index in [4.69, 9.17) is 0 Å². The Hall–Kier alpha value is -2.64. The average molecular weight is 357 g/mol. The van der Waals surface area contributed by atoms with Crippen LogP contribution in [-0.2, 0) is 6.54 Å². The molecule has 0 saturated carbocycles. The lowest BCUT2D eigenvalue weighted by Gasteiger charge is -2.35. The third-order valence-electron chi connectivity index (χ3n) is 4.49.